The summed E-state index contributed by atoms with van der Waals surface area (Å²) in [4.78, 5) is 4.21. The lowest BCUT2D eigenvalue weighted by Gasteiger charge is -2.06. The molecule has 13 heavy (non-hydrogen) atoms. The van der Waals surface area contributed by atoms with Crippen molar-refractivity contribution in [2.24, 2.45) is 5.73 Å². The number of ether oxygens (including phenoxy) is 1. The molecule has 2 atom stereocenters. The molecule has 0 aliphatic carbocycles. The average molecular weight is 184 g/mol. The molecule has 0 saturated heterocycles. The van der Waals surface area contributed by atoms with E-state index < -0.39 is 0 Å². The van der Waals surface area contributed by atoms with Crippen molar-refractivity contribution in [2.75, 3.05) is 6.61 Å². The minimum absolute atomic E-state index is 0.0509. The normalized spacial score (nSPS) is 15.7. The maximum absolute atomic E-state index is 5.62. The molecule has 0 saturated carbocycles. The number of rotatable bonds is 4. The molecule has 0 fully saturated rings. The van der Waals surface area contributed by atoms with Gasteiger partial charge in [-0.2, -0.15) is 5.10 Å². The van der Waals surface area contributed by atoms with E-state index in [1.807, 2.05) is 20.8 Å². The van der Waals surface area contributed by atoms with E-state index in [-0.39, 0.29) is 12.1 Å². The van der Waals surface area contributed by atoms with E-state index in [1.54, 1.807) is 0 Å². The van der Waals surface area contributed by atoms with Crippen molar-refractivity contribution in [1.29, 1.82) is 0 Å². The quantitative estimate of drug-likeness (QED) is 0.729. The summed E-state index contributed by atoms with van der Waals surface area (Å²) >= 11 is 0. The van der Waals surface area contributed by atoms with Gasteiger partial charge in [0.1, 0.15) is 6.10 Å². The summed E-state index contributed by atoms with van der Waals surface area (Å²) in [5.74, 6) is 1.36. The predicted octanol–water partition coefficient (Wildman–Crippen LogP) is 0.922. The Balaban J connectivity index is 2.67. The number of H-pyrrole nitrogens is 1. The minimum atomic E-state index is -0.140. The van der Waals surface area contributed by atoms with Crippen LogP contribution in [0.3, 0.4) is 0 Å². The molecule has 1 heterocycles. The van der Waals surface area contributed by atoms with E-state index in [1.165, 1.54) is 0 Å². The highest BCUT2D eigenvalue weighted by Gasteiger charge is 2.12. The minimum Gasteiger partial charge on any atom is -0.371 e. The Morgan fingerprint density at radius 3 is 2.69 bits per heavy atom. The van der Waals surface area contributed by atoms with Crippen LogP contribution < -0.4 is 5.73 Å². The van der Waals surface area contributed by atoms with Gasteiger partial charge in [-0.3, -0.25) is 5.10 Å². The molecule has 0 amide bonds. The Morgan fingerprint density at radius 1 is 1.54 bits per heavy atom. The number of hydrogen-bond donors (Lipinski definition) is 2. The van der Waals surface area contributed by atoms with Crippen LogP contribution in [0.25, 0.3) is 0 Å². The summed E-state index contributed by atoms with van der Waals surface area (Å²) in [6.07, 6.45) is -0.0509. The van der Waals surface area contributed by atoms with Gasteiger partial charge in [0.15, 0.2) is 11.6 Å². The molecule has 0 radical (unpaired) electrons. The van der Waals surface area contributed by atoms with Crippen LogP contribution in [0.1, 0.15) is 44.6 Å². The van der Waals surface area contributed by atoms with Gasteiger partial charge in [0, 0.05) is 6.61 Å². The van der Waals surface area contributed by atoms with E-state index in [2.05, 4.69) is 15.2 Å². The molecule has 5 heteroatoms. The summed E-state index contributed by atoms with van der Waals surface area (Å²) in [6.45, 7) is 6.38. The molecular formula is C8H16N4O. The molecule has 0 bridgehead atoms. The van der Waals surface area contributed by atoms with Gasteiger partial charge in [-0.25, -0.2) is 4.98 Å². The molecule has 1 aromatic heterocycles. The standard InChI is InChI=1S/C8H16N4O/c1-4-13-6(3)8-10-7(5(2)9)11-12-8/h5-6H,4,9H2,1-3H3,(H,10,11,12). The fourth-order valence-corrected chi connectivity index (χ4v) is 1.00. The largest absolute Gasteiger partial charge is 0.371 e. The van der Waals surface area contributed by atoms with Gasteiger partial charge in [0.05, 0.1) is 6.04 Å². The summed E-state index contributed by atoms with van der Waals surface area (Å²) in [5.41, 5.74) is 5.62. The van der Waals surface area contributed by atoms with Crippen LogP contribution in [-0.2, 0) is 4.74 Å². The van der Waals surface area contributed by atoms with Crippen molar-refractivity contribution in [3.8, 4) is 0 Å². The van der Waals surface area contributed by atoms with Crippen molar-refractivity contribution < 1.29 is 4.74 Å². The maximum atomic E-state index is 5.62. The smallest absolute Gasteiger partial charge is 0.167 e. The number of aromatic nitrogens is 3. The van der Waals surface area contributed by atoms with Crippen LogP contribution in [0.5, 0.6) is 0 Å². The molecule has 3 N–H and O–H groups in total. The highest BCUT2D eigenvalue weighted by molar-refractivity contribution is 4.96. The van der Waals surface area contributed by atoms with Gasteiger partial charge in [0.2, 0.25) is 0 Å². The van der Waals surface area contributed by atoms with Gasteiger partial charge in [0.25, 0.3) is 0 Å². The van der Waals surface area contributed by atoms with E-state index in [9.17, 15) is 0 Å². The SMILES string of the molecule is CCOC(C)c1nc(C(C)N)n[nH]1. The summed E-state index contributed by atoms with van der Waals surface area (Å²) in [6, 6.07) is -0.140. The highest BCUT2D eigenvalue weighted by atomic mass is 16.5. The molecule has 0 aromatic carbocycles. The molecule has 2 unspecified atom stereocenters. The Morgan fingerprint density at radius 2 is 2.23 bits per heavy atom. The second-order valence-electron chi connectivity index (χ2n) is 2.97. The Hall–Kier alpha value is -0.940. The summed E-state index contributed by atoms with van der Waals surface area (Å²) in [7, 11) is 0. The van der Waals surface area contributed by atoms with Crippen molar-refractivity contribution in [1.82, 2.24) is 15.2 Å². The van der Waals surface area contributed by atoms with Crippen LogP contribution in [0.2, 0.25) is 0 Å². The van der Waals surface area contributed by atoms with E-state index in [4.69, 9.17) is 10.5 Å². The molecule has 1 aromatic rings. The van der Waals surface area contributed by atoms with Crippen molar-refractivity contribution in [3.05, 3.63) is 11.6 Å². The number of nitrogens with two attached hydrogens (primary N) is 1. The van der Waals surface area contributed by atoms with Crippen molar-refractivity contribution in [3.63, 3.8) is 0 Å². The molecule has 0 aliphatic heterocycles. The number of nitrogens with one attached hydrogen (secondary N) is 1. The van der Waals surface area contributed by atoms with Gasteiger partial charge in [-0.1, -0.05) is 0 Å². The number of hydrogen-bond acceptors (Lipinski definition) is 4. The Kier molecular flexibility index (Phi) is 3.39. The third-order valence-electron chi connectivity index (χ3n) is 1.73. The van der Waals surface area contributed by atoms with E-state index in [0.717, 1.165) is 5.82 Å². The molecule has 0 spiro atoms. The Bertz CT molecular complexity index is 258. The third-order valence-corrected chi connectivity index (χ3v) is 1.73. The van der Waals surface area contributed by atoms with Gasteiger partial charge >= 0.3 is 0 Å². The fraction of sp³-hybridized carbons (Fsp3) is 0.750. The van der Waals surface area contributed by atoms with Crippen LogP contribution in [0.4, 0.5) is 0 Å². The zero-order valence-corrected chi connectivity index (χ0v) is 8.24. The second kappa shape index (κ2) is 4.34. The monoisotopic (exact) mass is 184 g/mol. The van der Waals surface area contributed by atoms with Crippen LogP contribution in [0, 0.1) is 0 Å². The first kappa shape index (κ1) is 10.1. The fourth-order valence-electron chi connectivity index (χ4n) is 1.00. The first-order valence-electron chi connectivity index (χ1n) is 4.44. The van der Waals surface area contributed by atoms with Crippen LogP contribution in [-0.4, -0.2) is 21.8 Å². The van der Waals surface area contributed by atoms with Crippen LogP contribution in [0.15, 0.2) is 0 Å². The van der Waals surface area contributed by atoms with E-state index in [0.29, 0.717) is 12.4 Å². The van der Waals surface area contributed by atoms with E-state index >= 15 is 0 Å². The zero-order chi connectivity index (χ0) is 9.84. The molecule has 0 aliphatic rings. The van der Waals surface area contributed by atoms with Crippen LogP contribution >= 0.6 is 0 Å². The second-order valence-corrected chi connectivity index (χ2v) is 2.97. The number of aromatic amines is 1. The van der Waals surface area contributed by atoms with Crippen molar-refractivity contribution in [2.45, 2.75) is 32.9 Å². The lowest BCUT2D eigenvalue weighted by molar-refractivity contribution is 0.0703. The lowest BCUT2D eigenvalue weighted by Crippen LogP contribution is -2.07. The summed E-state index contributed by atoms with van der Waals surface area (Å²) < 4.78 is 5.35. The third kappa shape index (κ3) is 2.50. The maximum Gasteiger partial charge on any atom is 0.167 e. The molecule has 5 nitrogen and oxygen atoms in total. The molecule has 1 rings (SSSR count). The number of nitrogens with zero attached hydrogens (tertiary/aromatic N) is 2. The first-order valence-corrected chi connectivity index (χ1v) is 4.44. The van der Waals surface area contributed by atoms with Gasteiger partial charge in [-0.15, -0.1) is 0 Å². The topological polar surface area (TPSA) is 76.8 Å². The Labute approximate surface area is 77.7 Å². The van der Waals surface area contributed by atoms with Gasteiger partial charge in [-0.05, 0) is 20.8 Å². The van der Waals surface area contributed by atoms with Gasteiger partial charge < -0.3 is 10.5 Å². The molecular weight excluding hydrogens is 168 g/mol. The van der Waals surface area contributed by atoms with Crippen molar-refractivity contribution >= 4 is 0 Å². The zero-order valence-electron chi connectivity index (χ0n) is 8.24. The predicted molar refractivity (Wildman–Crippen MR) is 49.0 cm³/mol. The lowest BCUT2D eigenvalue weighted by atomic mass is 10.3. The average Bonchev–Trinajstić information content (AvgIpc) is 2.52. The highest BCUT2D eigenvalue weighted by Crippen LogP contribution is 2.12. The molecule has 74 valence electrons. The summed E-state index contributed by atoms with van der Waals surface area (Å²) in [5, 5.41) is 6.78. The first-order chi connectivity index (χ1) is 6.15.